The maximum atomic E-state index is 14.1. The van der Waals surface area contributed by atoms with Crippen molar-refractivity contribution in [2.75, 3.05) is 6.61 Å². The summed E-state index contributed by atoms with van der Waals surface area (Å²) in [6, 6.07) is 8.08. The van der Waals surface area contributed by atoms with Crippen LogP contribution in [0.4, 0.5) is 4.39 Å². The quantitative estimate of drug-likeness (QED) is 0.665. The van der Waals surface area contributed by atoms with Gasteiger partial charge in [-0.1, -0.05) is 18.2 Å². The second-order valence-corrected chi connectivity index (χ2v) is 5.98. The zero-order chi connectivity index (χ0) is 18.6. The molecular formula is C19H18FN5O2. The SMILES string of the molecule is CCOc1cnc(C2CC(c3ncccn3)=NN2Cc2ccccc2F)o1. The Kier molecular flexibility index (Phi) is 4.78. The molecule has 0 aliphatic carbocycles. The van der Waals surface area contributed by atoms with E-state index in [4.69, 9.17) is 9.15 Å². The Hall–Kier alpha value is -3.29. The Morgan fingerprint density at radius 1 is 1.19 bits per heavy atom. The third-order valence-electron chi connectivity index (χ3n) is 4.18. The third kappa shape index (κ3) is 3.64. The average molecular weight is 367 g/mol. The van der Waals surface area contributed by atoms with Gasteiger partial charge < -0.3 is 9.15 Å². The van der Waals surface area contributed by atoms with Gasteiger partial charge >= 0.3 is 5.95 Å². The lowest BCUT2D eigenvalue weighted by molar-refractivity contribution is 0.175. The molecule has 1 aromatic carbocycles. The van der Waals surface area contributed by atoms with E-state index >= 15 is 0 Å². The van der Waals surface area contributed by atoms with Gasteiger partial charge in [-0.15, -0.1) is 0 Å². The topological polar surface area (TPSA) is 76.6 Å². The van der Waals surface area contributed by atoms with Crippen molar-refractivity contribution in [3.8, 4) is 5.95 Å². The number of nitrogens with zero attached hydrogens (tertiary/aromatic N) is 5. The van der Waals surface area contributed by atoms with Crippen LogP contribution in [-0.2, 0) is 6.54 Å². The molecule has 0 saturated heterocycles. The van der Waals surface area contributed by atoms with Crippen molar-refractivity contribution < 1.29 is 13.5 Å². The van der Waals surface area contributed by atoms with Crippen LogP contribution in [0.2, 0.25) is 0 Å². The predicted octanol–water partition coefficient (Wildman–Crippen LogP) is 3.35. The van der Waals surface area contributed by atoms with E-state index < -0.39 is 0 Å². The van der Waals surface area contributed by atoms with Crippen LogP contribution in [0.15, 0.2) is 58.4 Å². The first-order valence-corrected chi connectivity index (χ1v) is 8.68. The van der Waals surface area contributed by atoms with Crippen LogP contribution in [0.3, 0.4) is 0 Å². The molecular weight excluding hydrogens is 349 g/mol. The largest absolute Gasteiger partial charge is 0.464 e. The van der Waals surface area contributed by atoms with E-state index in [1.807, 2.05) is 6.92 Å². The van der Waals surface area contributed by atoms with Crippen molar-refractivity contribution in [2.24, 2.45) is 5.10 Å². The van der Waals surface area contributed by atoms with Crippen LogP contribution >= 0.6 is 0 Å². The predicted molar refractivity (Wildman–Crippen MR) is 95.5 cm³/mol. The normalized spacial score (nSPS) is 16.4. The maximum absolute atomic E-state index is 14.1. The van der Waals surface area contributed by atoms with Crippen LogP contribution in [0.5, 0.6) is 5.95 Å². The average Bonchev–Trinajstić information content (AvgIpc) is 3.32. The number of aromatic nitrogens is 3. The van der Waals surface area contributed by atoms with Crippen LogP contribution in [-0.4, -0.2) is 32.3 Å². The Morgan fingerprint density at radius 2 is 2.00 bits per heavy atom. The van der Waals surface area contributed by atoms with Crippen LogP contribution in [0, 0.1) is 5.82 Å². The van der Waals surface area contributed by atoms with Gasteiger partial charge in [0.05, 0.1) is 13.2 Å². The summed E-state index contributed by atoms with van der Waals surface area (Å²) >= 11 is 0. The molecule has 7 nitrogen and oxygen atoms in total. The second kappa shape index (κ2) is 7.53. The lowest BCUT2D eigenvalue weighted by Gasteiger charge is -2.21. The highest BCUT2D eigenvalue weighted by atomic mass is 19.1. The van der Waals surface area contributed by atoms with Crippen molar-refractivity contribution in [1.82, 2.24) is 20.0 Å². The fraction of sp³-hybridized carbons (Fsp3) is 0.263. The van der Waals surface area contributed by atoms with E-state index in [2.05, 4.69) is 20.1 Å². The van der Waals surface area contributed by atoms with Gasteiger partial charge in [-0.05, 0) is 19.1 Å². The fourth-order valence-corrected chi connectivity index (χ4v) is 2.93. The van der Waals surface area contributed by atoms with E-state index in [0.717, 1.165) is 0 Å². The number of benzene rings is 1. The summed E-state index contributed by atoms with van der Waals surface area (Å²) in [6.07, 6.45) is 5.37. The molecule has 0 fully saturated rings. The molecule has 0 amide bonds. The Labute approximate surface area is 155 Å². The van der Waals surface area contributed by atoms with Gasteiger partial charge in [0.2, 0.25) is 5.89 Å². The summed E-state index contributed by atoms with van der Waals surface area (Å²) in [5.41, 5.74) is 1.24. The molecule has 1 aliphatic rings. The standard InChI is InChI=1S/C19H18FN5O2/c1-2-26-17-11-23-19(27-17)16-10-15(18-21-8-5-9-22-18)24-25(16)12-13-6-3-4-7-14(13)20/h3-9,11,16H,2,10,12H2,1H3. The number of hydrogen-bond donors (Lipinski definition) is 0. The fourth-order valence-electron chi connectivity index (χ4n) is 2.93. The second-order valence-electron chi connectivity index (χ2n) is 5.98. The lowest BCUT2D eigenvalue weighted by atomic mass is 10.1. The molecule has 138 valence electrons. The van der Waals surface area contributed by atoms with Gasteiger partial charge in [0.15, 0.2) is 5.82 Å². The van der Waals surface area contributed by atoms with E-state index in [-0.39, 0.29) is 18.4 Å². The molecule has 27 heavy (non-hydrogen) atoms. The Balaban J connectivity index is 1.65. The zero-order valence-electron chi connectivity index (χ0n) is 14.7. The van der Waals surface area contributed by atoms with Crippen molar-refractivity contribution in [3.05, 3.63) is 72.0 Å². The van der Waals surface area contributed by atoms with Gasteiger partial charge in [-0.25, -0.2) is 19.3 Å². The van der Waals surface area contributed by atoms with E-state index in [9.17, 15) is 4.39 Å². The summed E-state index contributed by atoms with van der Waals surface area (Å²) in [5, 5.41) is 6.38. The molecule has 0 spiro atoms. The highest BCUT2D eigenvalue weighted by Crippen LogP contribution is 2.34. The van der Waals surface area contributed by atoms with Crippen LogP contribution in [0.25, 0.3) is 0 Å². The van der Waals surface area contributed by atoms with Crippen LogP contribution in [0.1, 0.15) is 36.7 Å². The number of oxazole rings is 1. The smallest absolute Gasteiger partial charge is 0.305 e. The van der Waals surface area contributed by atoms with Crippen molar-refractivity contribution in [2.45, 2.75) is 25.9 Å². The number of halogens is 1. The molecule has 1 unspecified atom stereocenters. The molecule has 1 aliphatic heterocycles. The minimum Gasteiger partial charge on any atom is -0.464 e. The van der Waals surface area contributed by atoms with Crippen molar-refractivity contribution in [1.29, 1.82) is 0 Å². The summed E-state index contributed by atoms with van der Waals surface area (Å²) in [4.78, 5) is 12.8. The molecule has 2 aromatic heterocycles. The molecule has 0 radical (unpaired) electrons. The van der Waals surface area contributed by atoms with Crippen molar-refractivity contribution >= 4 is 5.71 Å². The van der Waals surface area contributed by atoms with Gasteiger partial charge in [0, 0.05) is 24.4 Å². The number of ether oxygens (including phenoxy) is 1. The minimum atomic E-state index is -0.294. The molecule has 0 N–H and O–H groups in total. The first-order chi connectivity index (χ1) is 13.2. The third-order valence-corrected chi connectivity index (χ3v) is 4.18. The number of rotatable bonds is 6. The van der Waals surface area contributed by atoms with E-state index in [1.54, 1.807) is 41.7 Å². The Morgan fingerprint density at radius 3 is 2.78 bits per heavy atom. The number of hydrogen-bond acceptors (Lipinski definition) is 7. The maximum Gasteiger partial charge on any atom is 0.305 e. The molecule has 3 aromatic rings. The van der Waals surface area contributed by atoms with Crippen molar-refractivity contribution in [3.63, 3.8) is 0 Å². The molecule has 3 heterocycles. The summed E-state index contributed by atoms with van der Waals surface area (Å²) in [6.45, 7) is 2.63. The van der Waals surface area contributed by atoms with Gasteiger partial charge in [-0.2, -0.15) is 5.10 Å². The lowest BCUT2D eigenvalue weighted by Crippen LogP contribution is -2.20. The molecule has 8 heteroatoms. The minimum absolute atomic E-state index is 0.278. The van der Waals surface area contributed by atoms with Gasteiger partial charge in [0.1, 0.15) is 23.8 Å². The monoisotopic (exact) mass is 367 g/mol. The van der Waals surface area contributed by atoms with E-state index in [1.165, 1.54) is 12.3 Å². The zero-order valence-corrected chi connectivity index (χ0v) is 14.7. The molecule has 0 saturated carbocycles. The molecule has 4 rings (SSSR count). The van der Waals surface area contributed by atoms with Crippen LogP contribution < -0.4 is 4.74 Å². The highest BCUT2D eigenvalue weighted by molar-refractivity contribution is 5.98. The van der Waals surface area contributed by atoms with E-state index in [0.29, 0.717) is 42.0 Å². The number of hydrazone groups is 1. The Bertz CT molecular complexity index is 944. The summed E-state index contributed by atoms with van der Waals surface area (Å²) in [5.74, 6) is 1.07. The molecule has 1 atom stereocenters. The first-order valence-electron chi connectivity index (χ1n) is 8.68. The highest BCUT2D eigenvalue weighted by Gasteiger charge is 2.34. The molecule has 0 bridgehead atoms. The van der Waals surface area contributed by atoms with Gasteiger partial charge in [0.25, 0.3) is 0 Å². The first kappa shape index (κ1) is 17.1. The summed E-state index contributed by atoms with van der Waals surface area (Å²) < 4.78 is 25.2. The van der Waals surface area contributed by atoms with Gasteiger partial charge in [-0.3, -0.25) is 5.01 Å². The summed E-state index contributed by atoms with van der Waals surface area (Å²) in [7, 11) is 0.